The van der Waals surface area contributed by atoms with Gasteiger partial charge in [0.25, 0.3) is 0 Å². The monoisotopic (exact) mass is 454 g/mol. The van der Waals surface area contributed by atoms with Gasteiger partial charge in [0, 0.05) is 29.6 Å². The molecule has 1 heterocycles. The minimum Gasteiger partial charge on any atom is -0.345 e. The van der Waals surface area contributed by atoms with Crippen LogP contribution in [0.2, 0.25) is 0 Å². The summed E-state index contributed by atoms with van der Waals surface area (Å²) < 4.78 is 30.8. The van der Waals surface area contributed by atoms with Crippen molar-refractivity contribution in [3.63, 3.8) is 0 Å². The van der Waals surface area contributed by atoms with Crippen LogP contribution >= 0.6 is 0 Å². The van der Waals surface area contributed by atoms with Crippen LogP contribution in [0.25, 0.3) is 11.1 Å². The molecule has 0 bridgehead atoms. The maximum Gasteiger partial charge on any atom is 0.131 e. The molecule has 0 N–H and O–H groups in total. The second-order valence-electron chi connectivity index (χ2n) is 9.29. The third kappa shape index (κ3) is 6.77. The van der Waals surface area contributed by atoms with Gasteiger partial charge in [0.1, 0.15) is 11.6 Å². The first-order valence-electron chi connectivity index (χ1n) is 12.2. The van der Waals surface area contributed by atoms with Crippen LogP contribution in [0.4, 0.5) is 8.78 Å². The van der Waals surface area contributed by atoms with Crippen molar-refractivity contribution >= 4 is 0 Å². The van der Waals surface area contributed by atoms with E-state index in [9.17, 15) is 8.78 Å². The van der Waals surface area contributed by atoms with Crippen molar-refractivity contribution < 1.29 is 8.78 Å². The van der Waals surface area contributed by atoms with E-state index < -0.39 is 11.6 Å². The Morgan fingerprint density at radius 1 is 0.939 bits per heavy atom. The second kappa shape index (κ2) is 12.1. The van der Waals surface area contributed by atoms with Crippen LogP contribution in [-0.2, 0) is 6.54 Å². The van der Waals surface area contributed by atoms with Gasteiger partial charge in [0.05, 0.1) is 6.04 Å². The van der Waals surface area contributed by atoms with Crippen molar-refractivity contribution in [3.05, 3.63) is 83.7 Å². The highest BCUT2D eigenvalue weighted by Gasteiger charge is 2.33. The van der Waals surface area contributed by atoms with E-state index in [1.165, 1.54) is 23.8 Å². The molecule has 1 aromatic heterocycles. The number of hydrogen-bond donors (Lipinski definition) is 0. The molecule has 2 aromatic carbocycles. The summed E-state index contributed by atoms with van der Waals surface area (Å²) in [7, 11) is 0. The number of nitrogens with zero attached hydrogens (tertiary/aromatic N) is 2. The summed E-state index contributed by atoms with van der Waals surface area (Å²) in [6.07, 6.45) is 3.03. The predicted molar refractivity (Wildman–Crippen MR) is 136 cm³/mol. The van der Waals surface area contributed by atoms with Crippen LogP contribution in [0.1, 0.15) is 72.2 Å². The van der Waals surface area contributed by atoms with E-state index in [1.54, 1.807) is 0 Å². The molecule has 3 aromatic rings. The molecular formula is C29H40F2N2. The summed E-state index contributed by atoms with van der Waals surface area (Å²) in [5.74, 6) is -0.833. The zero-order valence-electron chi connectivity index (χ0n) is 21.3. The maximum absolute atomic E-state index is 14.6. The molecule has 2 nitrogen and oxygen atoms in total. The molecule has 180 valence electrons. The van der Waals surface area contributed by atoms with Crippen molar-refractivity contribution in [2.75, 3.05) is 13.1 Å². The number of halogens is 2. The Hall–Kier alpha value is -2.46. The van der Waals surface area contributed by atoms with E-state index in [-0.39, 0.29) is 11.5 Å². The van der Waals surface area contributed by atoms with Gasteiger partial charge < -0.3 is 4.57 Å². The first-order valence-corrected chi connectivity index (χ1v) is 12.2. The molecule has 0 fully saturated rings. The summed E-state index contributed by atoms with van der Waals surface area (Å²) >= 11 is 0. The first-order chi connectivity index (χ1) is 15.7. The van der Waals surface area contributed by atoms with Gasteiger partial charge in [-0.1, -0.05) is 78.8 Å². The lowest BCUT2D eigenvalue weighted by molar-refractivity contribution is 0.0979. The molecule has 0 saturated heterocycles. The topological polar surface area (TPSA) is 8.17 Å². The van der Waals surface area contributed by atoms with Gasteiger partial charge in [-0.15, -0.1) is 0 Å². The van der Waals surface area contributed by atoms with Crippen LogP contribution < -0.4 is 0 Å². The zero-order valence-corrected chi connectivity index (χ0v) is 21.3. The molecule has 0 aliphatic carbocycles. The molecule has 0 radical (unpaired) electrons. The third-order valence-electron chi connectivity index (χ3n) is 5.75. The van der Waals surface area contributed by atoms with Gasteiger partial charge in [0.2, 0.25) is 0 Å². The lowest BCUT2D eigenvalue weighted by atomic mass is 9.83. The zero-order chi connectivity index (χ0) is 24.6. The molecule has 0 aliphatic heterocycles. The van der Waals surface area contributed by atoms with Crippen molar-refractivity contribution in [2.45, 2.75) is 67.5 Å². The molecule has 0 aliphatic rings. The van der Waals surface area contributed by atoms with Gasteiger partial charge in [-0.05, 0) is 54.8 Å². The van der Waals surface area contributed by atoms with Crippen molar-refractivity contribution in [1.29, 1.82) is 0 Å². The van der Waals surface area contributed by atoms with E-state index in [2.05, 4.69) is 62.3 Å². The van der Waals surface area contributed by atoms with Crippen LogP contribution in [0.5, 0.6) is 0 Å². The second-order valence-corrected chi connectivity index (χ2v) is 9.29. The maximum atomic E-state index is 14.6. The highest BCUT2D eigenvalue weighted by atomic mass is 19.1. The fourth-order valence-corrected chi connectivity index (χ4v) is 4.48. The average Bonchev–Trinajstić information content (AvgIpc) is 3.19. The first kappa shape index (κ1) is 26.8. The normalized spacial score (nSPS) is 12.4. The van der Waals surface area contributed by atoms with Crippen LogP contribution in [0, 0.1) is 17.0 Å². The van der Waals surface area contributed by atoms with Crippen LogP contribution in [0.3, 0.4) is 0 Å². The van der Waals surface area contributed by atoms with E-state index in [1.807, 2.05) is 38.2 Å². The van der Waals surface area contributed by atoms with Crippen molar-refractivity contribution in [1.82, 2.24) is 9.47 Å². The van der Waals surface area contributed by atoms with E-state index in [4.69, 9.17) is 0 Å². The lowest BCUT2D eigenvalue weighted by Gasteiger charge is -2.40. The lowest BCUT2D eigenvalue weighted by Crippen LogP contribution is -2.38. The van der Waals surface area contributed by atoms with Gasteiger partial charge in [0.15, 0.2) is 0 Å². The fourth-order valence-electron chi connectivity index (χ4n) is 4.48. The molecular weight excluding hydrogens is 414 g/mol. The fraction of sp³-hybridized carbons (Fsp3) is 0.448. The Balaban J connectivity index is 0.00000187. The number of rotatable bonds is 8. The summed E-state index contributed by atoms with van der Waals surface area (Å²) in [5, 5.41) is 0. The third-order valence-corrected chi connectivity index (χ3v) is 5.75. The van der Waals surface area contributed by atoms with E-state index in [0.717, 1.165) is 25.2 Å². The summed E-state index contributed by atoms with van der Waals surface area (Å²) in [6.45, 7) is 17.7. The molecule has 3 rings (SSSR count). The largest absolute Gasteiger partial charge is 0.345 e. The minimum atomic E-state index is -0.428. The van der Waals surface area contributed by atoms with Crippen molar-refractivity contribution in [2.24, 2.45) is 5.41 Å². The number of aromatic nitrogens is 1. The molecule has 4 heteroatoms. The Morgan fingerprint density at radius 3 is 2.18 bits per heavy atom. The molecule has 0 amide bonds. The van der Waals surface area contributed by atoms with Crippen molar-refractivity contribution in [3.8, 4) is 11.1 Å². The summed E-state index contributed by atoms with van der Waals surface area (Å²) in [4.78, 5) is 2.49. The van der Waals surface area contributed by atoms with Crippen LogP contribution in [0.15, 0.2) is 60.8 Å². The molecule has 0 spiro atoms. The molecule has 1 unspecified atom stereocenters. The minimum absolute atomic E-state index is 0.0320. The number of hydrogen-bond acceptors (Lipinski definition) is 1. The highest BCUT2D eigenvalue weighted by Crippen LogP contribution is 2.40. The van der Waals surface area contributed by atoms with Gasteiger partial charge >= 0.3 is 0 Å². The Morgan fingerprint density at radius 2 is 1.61 bits per heavy atom. The van der Waals surface area contributed by atoms with Crippen LogP contribution in [-0.4, -0.2) is 22.6 Å². The van der Waals surface area contributed by atoms with E-state index in [0.29, 0.717) is 17.7 Å². The number of benzene rings is 2. The molecule has 33 heavy (non-hydrogen) atoms. The molecule has 0 saturated carbocycles. The SMILES string of the molecule is CC.CCCN(CC)C(c1cc(-c2cc(F)ccc2F)cn1Cc1ccccc1)C(C)(C)C. The smallest absolute Gasteiger partial charge is 0.131 e. The Bertz CT molecular complexity index is 987. The van der Waals surface area contributed by atoms with E-state index >= 15 is 0 Å². The standard InChI is InChI=1S/C27H34F2N2.C2H6/c1-6-15-30(7-2)26(27(3,4)5)25-16-21(23-17-22(28)13-14-24(23)29)19-31(25)18-20-11-9-8-10-12-20;1-2/h8-14,16-17,19,26H,6-7,15,18H2,1-5H3;1-2H3. The summed E-state index contributed by atoms with van der Waals surface area (Å²) in [6, 6.07) is 16.1. The highest BCUT2D eigenvalue weighted by molar-refractivity contribution is 5.65. The van der Waals surface area contributed by atoms with Gasteiger partial charge in [-0.25, -0.2) is 8.78 Å². The van der Waals surface area contributed by atoms with Gasteiger partial charge in [-0.2, -0.15) is 0 Å². The Labute approximate surface area is 199 Å². The van der Waals surface area contributed by atoms with Gasteiger partial charge in [-0.3, -0.25) is 4.90 Å². The summed E-state index contributed by atoms with van der Waals surface area (Å²) in [5.41, 5.74) is 3.29. The Kier molecular flexibility index (Phi) is 9.85. The quantitative estimate of drug-likeness (QED) is 0.332. The predicted octanol–water partition coefficient (Wildman–Crippen LogP) is 8.33. The molecule has 1 atom stereocenters. The average molecular weight is 455 g/mol.